The van der Waals surface area contributed by atoms with Crippen LogP contribution in [0, 0.1) is 12.8 Å². The Kier molecular flexibility index (Phi) is 7.08. The number of amides is 2. The number of carbonyl (C=O) groups excluding carboxylic acids is 2. The van der Waals surface area contributed by atoms with E-state index in [1.165, 1.54) is 0 Å². The molecule has 2 heterocycles. The number of ether oxygens (including phenoxy) is 1. The van der Waals surface area contributed by atoms with Crippen LogP contribution in [-0.4, -0.2) is 41.9 Å². The number of likely N-dealkylation sites (tertiary alicyclic amines) is 1. The molecule has 0 bridgehead atoms. The first kappa shape index (κ1) is 21.8. The van der Waals surface area contributed by atoms with E-state index in [4.69, 9.17) is 9.72 Å². The number of nitrogens with zero attached hydrogens (tertiary/aromatic N) is 2. The molecule has 3 rings (SSSR count). The van der Waals surface area contributed by atoms with Gasteiger partial charge in [-0.25, -0.2) is 0 Å². The Balaban J connectivity index is 1.74. The van der Waals surface area contributed by atoms with E-state index in [1.54, 1.807) is 13.2 Å². The topological polar surface area (TPSA) is 71.5 Å². The molecule has 1 N–H and O–H groups in total. The van der Waals surface area contributed by atoms with Gasteiger partial charge in [-0.1, -0.05) is 19.9 Å². The minimum absolute atomic E-state index is 0.166. The van der Waals surface area contributed by atoms with E-state index in [9.17, 15) is 9.59 Å². The summed E-state index contributed by atoms with van der Waals surface area (Å²) in [5, 5.41) is 2.96. The van der Waals surface area contributed by atoms with Crippen molar-refractivity contribution in [2.45, 2.75) is 46.0 Å². The molecule has 1 aromatic heterocycles. The number of nitrogens with one attached hydrogen (secondary N) is 1. The molecule has 2 aromatic rings. The number of anilines is 1. The normalized spacial score (nSPS) is 14.6. The van der Waals surface area contributed by atoms with Gasteiger partial charge in [0, 0.05) is 42.9 Å². The van der Waals surface area contributed by atoms with Crippen molar-refractivity contribution in [3.63, 3.8) is 0 Å². The van der Waals surface area contributed by atoms with E-state index in [-0.39, 0.29) is 17.7 Å². The summed E-state index contributed by atoms with van der Waals surface area (Å²) >= 11 is 0. The Hall–Kier alpha value is -2.89. The Morgan fingerprint density at radius 1 is 1.20 bits per heavy atom. The summed E-state index contributed by atoms with van der Waals surface area (Å²) in [6.07, 6.45) is 2.22. The Bertz CT molecular complexity index is 902. The van der Waals surface area contributed by atoms with Crippen molar-refractivity contribution < 1.29 is 14.3 Å². The average molecular weight is 410 g/mol. The molecule has 0 aliphatic carbocycles. The van der Waals surface area contributed by atoms with Gasteiger partial charge in [-0.05, 0) is 49.9 Å². The fourth-order valence-corrected chi connectivity index (χ4v) is 3.86. The van der Waals surface area contributed by atoms with Crippen molar-refractivity contribution in [1.82, 2.24) is 9.88 Å². The van der Waals surface area contributed by atoms with Gasteiger partial charge in [0.1, 0.15) is 5.75 Å². The predicted molar refractivity (Wildman–Crippen MR) is 118 cm³/mol. The van der Waals surface area contributed by atoms with Crippen molar-refractivity contribution >= 4 is 17.5 Å². The minimum atomic E-state index is -0.177. The van der Waals surface area contributed by atoms with Gasteiger partial charge in [-0.15, -0.1) is 0 Å². The lowest BCUT2D eigenvalue weighted by molar-refractivity contribution is -0.133. The molecule has 1 fully saturated rings. The van der Waals surface area contributed by atoms with Gasteiger partial charge < -0.3 is 15.0 Å². The zero-order valence-electron chi connectivity index (χ0n) is 18.3. The predicted octanol–water partition coefficient (Wildman–Crippen LogP) is 4.40. The summed E-state index contributed by atoms with van der Waals surface area (Å²) < 4.78 is 5.23. The fraction of sp³-hybridized carbons (Fsp3) is 0.458. The first-order valence-electron chi connectivity index (χ1n) is 10.6. The van der Waals surface area contributed by atoms with Crippen molar-refractivity contribution in [2.75, 3.05) is 25.5 Å². The Morgan fingerprint density at radius 3 is 2.60 bits per heavy atom. The van der Waals surface area contributed by atoms with Gasteiger partial charge in [0.2, 0.25) is 5.91 Å². The molecule has 0 saturated carbocycles. The monoisotopic (exact) mass is 409 g/mol. The lowest BCUT2D eigenvalue weighted by Crippen LogP contribution is -2.38. The maximum atomic E-state index is 13.0. The largest absolute Gasteiger partial charge is 0.497 e. The highest BCUT2D eigenvalue weighted by Gasteiger charge is 2.28. The number of piperidine rings is 1. The first-order chi connectivity index (χ1) is 14.4. The Morgan fingerprint density at radius 2 is 1.93 bits per heavy atom. The number of hydrogen-bond donors (Lipinski definition) is 1. The number of aromatic nitrogens is 1. The number of hydrogen-bond acceptors (Lipinski definition) is 4. The number of aryl methyl sites for hydroxylation is 1. The van der Waals surface area contributed by atoms with E-state index in [0.29, 0.717) is 42.4 Å². The third kappa shape index (κ3) is 5.38. The number of rotatable bonds is 6. The summed E-state index contributed by atoms with van der Waals surface area (Å²) in [5.74, 6) is 1.26. The Labute approximate surface area is 178 Å². The molecule has 0 spiro atoms. The van der Waals surface area contributed by atoms with Crippen LogP contribution in [0.4, 0.5) is 5.69 Å². The van der Waals surface area contributed by atoms with Crippen LogP contribution in [-0.2, 0) is 4.79 Å². The smallest absolute Gasteiger partial charge is 0.257 e. The lowest BCUT2D eigenvalue weighted by Gasteiger charge is -2.33. The molecule has 6 nitrogen and oxygen atoms in total. The summed E-state index contributed by atoms with van der Waals surface area (Å²) in [6.45, 7) is 7.49. The van der Waals surface area contributed by atoms with Gasteiger partial charge in [0.25, 0.3) is 5.91 Å². The lowest BCUT2D eigenvalue weighted by atomic mass is 9.89. The maximum Gasteiger partial charge on any atom is 0.257 e. The molecular weight excluding hydrogens is 378 g/mol. The second-order valence-electron chi connectivity index (χ2n) is 8.32. The highest BCUT2D eigenvalue weighted by atomic mass is 16.5. The van der Waals surface area contributed by atoms with E-state index < -0.39 is 0 Å². The molecule has 1 aliphatic rings. The van der Waals surface area contributed by atoms with Crippen LogP contribution >= 0.6 is 0 Å². The zero-order chi connectivity index (χ0) is 21.7. The van der Waals surface area contributed by atoms with E-state index in [0.717, 1.165) is 24.2 Å². The molecule has 6 heteroatoms. The fourth-order valence-electron chi connectivity index (χ4n) is 3.86. The highest BCUT2D eigenvalue weighted by molar-refractivity contribution is 6.05. The molecule has 30 heavy (non-hydrogen) atoms. The number of benzene rings is 1. The molecule has 0 atom stereocenters. The van der Waals surface area contributed by atoms with Crippen LogP contribution in [0.15, 0.2) is 36.4 Å². The molecule has 1 saturated heterocycles. The molecule has 2 amide bonds. The summed E-state index contributed by atoms with van der Waals surface area (Å²) in [7, 11) is 1.60. The molecule has 160 valence electrons. The first-order valence-corrected chi connectivity index (χ1v) is 10.6. The second-order valence-corrected chi connectivity index (χ2v) is 8.32. The van der Waals surface area contributed by atoms with Crippen molar-refractivity contribution in [2.24, 2.45) is 5.92 Å². The number of methoxy groups -OCH3 is 1. The van der Waals surface area contributed by atoms with Crippen molar-refractivity contribution in [3.8, 4) is 5.75 Å². The standard InChI is InChI=1S/C24H31N3O3/c1-16(2)14-22(28)27-12-10-18(11-13-27)23-21(9-8-17(3)25-23)24(29)26-19-6-5-7-20(15-19)30-4/h5-9,15-16,18H,10-14H2,1-4H3,(H,26,29). The van der Waals surface area contributed by atoms with Crippen molar-refractivity contribution in [1.29, 1.82) is 0 Å². The third-order valence-electron chi connectivity index (χ3n) is 5.45. The average Bonchev–Trinajstić information content (AvgIpc) is 2.73. The molecular formula is C24H31N3O3. The van der Waals surface area contributed by atoms with Crippen LogP contribution in [0.2, 0.25) is 0 Å². The summed E-state index contributed by atoms with van der Waals surface area (Å²) in [6, 6.07) is 11.0. The maximum absolute atomic E-state index is 13.0. The quantitative estimate of drug-likeness (QED) is 0.767. The van der Waals surface area contributed by atoms with Gasteiger partial charge in [0.15, 0.2) is 0 Å². The van der Waals surface area contributed by atoms with Gasteiger partial charge in [0.05, 0.1) is 18.4 Å². The summed E-state index contributed by atoms with van der Waals surface area (Å²) in [4.78, 5) is 32.1. The van der Waals surface area contributed by atoms with Crippen LogP contribution in [0.3, 0.4) is 0 Å². The highest BCUT2D eigenvalue weighted by Crippen LogP contribution is 2.30. The van der Waals surface area contributed by atoms with Crippen LogP contribution < -0.4 is 10.1 Å². The number of pyridine rings is 1. The van der Waals surface area contributed by atoms with Crippen LogP contribution in [0.5, 0.6) is 5.75 Å². The zero-order valence-corrected chi connectivity index (χ0v) is 18.3. The minimum Gasteiger partial charge on any atom is -0.497 e. The second kappa shape index (κ2) is 9.74. The van der Waals surface area contributed by atoms with Gasteiger partial charge in [-0.2, -0.15) is 0 Å². The third-order valence-corrected chi connectivity index (χ3v) is 5.45. The van der Waals surface area contributed by atoms with Crippen molar-refractivity contribution in [3.05, 3.63) is 53.3 Å². The molecule has 0 radical (unpaired) electrons. The molecule has 1 aromatic carbocycles. The SMILES string of the molecule is COc1cccc(NC(=O)c2ccc(C)nc2C2CCN(C(=O)CC(C)C)CC2)c1. The molecule has 0 unspecified atom stereocenters. The van der Waals surface area contributed by atoms with Crippen LogP contribution in [0.1, 0.15) is 60.8 Å². The number of carbonyl (C=O) groups is 2. The van der Waals surface area contributed by atoms with Gasteiger partial charge in [-0.3, -0.25) is 14.6 Å². The van der Waals surface area contributed by atoms with Crippen LogP contribution in [0.25, 0.3) is 0 Å². The summed E-state index contributed by atoms with van der Waals surface area (Å²) in [5.41, 5.74) is 2.99. The van der Waals surface area contributed by atoms with E-state index in [1.807, 2.05) is 42.2 Å². The van der Waals surface area contributed by atoms with E-state index >= 15 is 0 Å². The molecule has 1 aliphatic heterocycles. The van der Waals surface area contributed by atoms with Gasteiger partial charge >= 0.3 is 0 Å². The van der Waals surface area contributed by atoms with E-state index in [2.05, 4.69) is 19.2 Å².